The molecule has 2 aromatic carbocycles. The molecule has 1 amide bonds. The van der Waals surface area contributed by atoms with E-state index in [1.165, 1.54) is 17.7 Å². The summed E-state index contributed by atoms with van der Waals surface area (Å²) in [6.07, 6.45) is 1.52. The number of para-hydroxylation sites is 1. The van der Waals surface area contributed by atoms with Crippen molar-refractivity contribution >= 4 is 39.0 Å². The average molecular weight is 490 g/mol. The first kappa shape index (κ1) is 23.2. The van der Waals surface area contributed by atoms with E-state index in [0.717, 1.165) is 65.8 Å². The minimum atomic E-state index is -0.0767. The number of hydrogen-bond donors (Lipinski definition) is 2. The Morgan fingerprint density at radius 1 is 1.06 bits per heavy atom. The molecule has 8 nitrogen and oxygen atoms in total. The molecule has 0 atom stereocenters. The normalized spacial score (nSPS) is 14.1. The van der Waals surface area contributed by atoms with Crippen LogP contribution in [0.15, 0.2) is 60.9 Å². The van der Waals surface area contributed by atoms with E-state index in [1.807, 2.05) is 61.5 Å². The summed E-state index contributed by atoms with van der Waals surface area (Å²) in [5, 5.41) is 7.28. The van der Waals surface area contributed by atoms with Crippen molar-refractivity contribution < 1.29 is 14.3 Å². The highest BCUT2D eigenvalue weighted by Crippen LogP contribution is 2.34. The second kappa shape index (κ2) is 10.8. The lowest BCUT2D eigenvalue weighted by molar-refractivity contribution is 0.0383. The van der Waals surface area contributed by atoms with E-state index in [-0.39, 0.29) is 5.91 Å². The lowest BCUT2D eigenvalue weighted by Gasteiger charge is -2.26. The van der Waals surface area contributed by atoms with Gasteiger partial charge in [0, 0.05) is 31.9 Å². The lowest BCUT2D eigenvalue weighted by atomic mass is 10.2. The summed E-state index contributed by atoms with van der Waals surface area (Å²) in [6.45, 7) is 6.67. The van der Waals surface area contributed by atoms with Crippen LogP contribution < -0.4 is 15.4 Å². The third-order valence-corrected chi connectivity index (χ3v) is 7.04. The molecular weight excluding hydrogens is 462 g/mol. The smallest absolute Gasteiger partial charge is 0.261 e. The van der Waals surface area contributed by atoms with Crippen LogP contribution in [-0.2, 0) is 4.74 Å². The van der Waals surface area contributed by atoms with Crippen molar-refractivity contribution in [1.82, 2.24) is 20.2 Å². The van der Waals surface area contributed by atoms with E-state index in [1.54, 1.807) is 0 Å². The van der Waals surface area contributed by atoms with Crippen LogP contribution in [0.2, 0.25) is 0 Å². The van der Waals surface area contributed by atoms with Crippen molar-refractivity contribution in [2.75, 3.05) is 44.7 Å². The van der Waals surface area contributed by atoms with E-state index >= 15 is 0 Å². The van der Waals surface area contributed by atoms with Crippen LogP contribution >= 0.6 is 11.3 Å². The largest absolute Gasteiger partial charge is 0.457 e. The lowest BCUT2D eigenvalue weighted by Crippen LogP contribution is -2.41. The molecule has 0 radical (unpaired) electrons. The minimum absolute atomic E-state index is 0.0767. The summed E-state index contributed by atoms with van der Waals surface area (Å²) in [4.78, 5) is 25.5. The summed E-state index contributed by atoms with van der Waals surface area (Å²) >= 11 is 1.39. The molecule has 35 heavy (non-hydrogen) atoms. The molecule has 0 spiro atoms. The maximum Gasteiger partial charge on any atom is 0.261 e. The summed E-state index contributed by atoms with van der Waals surface area (Å²) in [5.41, 5.74) is 1.74. The van der Waals surface area contributed by atoms with Crippen LogP contribution in [0.1, 0.15) is 15.2 Å². The van der Waals surface area contributed by atoms with Crippen molar-refractivity contribution in [2.24, 2.45) is 0 Å². The monoisotopic (exact) mass is 489 g/mol. The minimum Gasteiger partial charge on any atom is -0.457 e. The van der Waals surface area contributed by atoms with Crippen molar-refractivity contribution in [3.8, 4) is 11.5 Å². The number of benzene rings is 2. The maximum absolute atomic E-state index is 12.9. The van der Waals surface area contributed by atoms with Crippen LogP contribution in [0, 0.1) is 6.92 Å². The van der Waals surface area contributed by atoms with Gasteiger partial charge in [0.15, 0.2) is 0 Å². The van der Waals surface area contributed by atoms with Gasteiger partial charge >= 0.3 is 0 Å². The second-order valence-electron chi connectivity index (χ2n) is 8.23. The molecule has 1 fully saturated rings. The van der Waals surface area contributed by atoms with Gasteiger partial charge in [-0.25, -0.2) is 9.97 Å². The first-order valence-corrected chi connectivity index (χ1v) is 12.4. The molecule has 4 aromatic rings. The standard InChI is InChI=1S/C26H27N5O3S/c1-18-22-24(30-19-7-9-21(10-8-19)34-20-5-3-2-4-6-20)28-17-29-26(22)35-23(18)25(32)27-11-12-31-13-15-33-16-14-31/h2-10,17H,11-16H2,1H3,(H,27,32)(H,28,29,30). The summed E-state index contributed by atoms with van der Waals surface area (Å²) < 4.78 is 11.2. The van der Waals surface area contributed by atoms with Crippen LogP contribution in [0.3, 0.4) is 0 Å². The van der Waals surface area contributed by atoms with Crippen molar-refractivity contribution in [3.63, 3.8) is 0 Å². The fourth-order valence-corrected chi connectivity index (χ4v) is 5.05. The molecule has 1 saturated heterocycles. The van der Waals surface area contributed by atoms with E-state index in [0.29, 0.717) is 17.2 Å². The Labute approximate surface area is 207 Å². The van der Waals surface area contributed by atoms with E-state index < -0.39 is 0 Å². The Kier molecular flexibility index (Phi) is 7.17. The Morgan fingerprint density at radius 3 is 2.57 bits per heavy atom. The van der Waals surface area contributed by atoms with Gasteiger partial charge in [0.1, 0.15) is 28.5 Å². The predicted octanol–water partition coefficient (Wildman–Crippen LogP) is 4.60. The number of morpholine rings is 1. The Balaban J connectivity index is 1.27. The number of aromatic nitrogens is 2. The number of rotatable bonds is 8. The molecular formula is C26H27N5O3S. The molecule has 0 aliphatic carbocycles. The van der Waals surface area contributed by atoms with Gasteiger partial charge in [0.2, 0.25) is 0 Å². The Morgan fingerprint density at radius 2 is 1.80 bits per heavy atom. The molecule has 2 aromatic heterocycles. The predicted molar refractivity (Wildman–Crippen MR) is 138 cm³/mol. The fourth-order valence-electron chi connectivity index (χ4n) is 3.98. The first-order chi connectivity index (χ1) is 17.2. The zero-order valence-electron chi connectivity index (χ0n) is 19.5. The van der Waals surface area contributed by atoms with E-state index in [2.05, 4.69) is 25.5 Å². The third kappa shape index (κ3) is 5.59. The van der Waals surface area contributed by atoms with Crippen LogP contribution in [0.4, 0.5) is 11.5 Å². The Hall–Kier alpha value is -3.53. The summed E-state index contributed by atoms with van der Waals surface area (Å²) in [7, 11) is 0. The van der Waals surface area contributed by atoms with Gasteiger partial charge in [0.25, 0.3) is 5.91 Å². The van der Waals surface area contributed by atoms with E-state index in [9.17, 15) is 4.79 Å². The SMILES string of the molecule is Cc1c(C(=O)NCCN2CCOCC2)sc2ncnc(Nc3ccc(Oc4ccccc4)cc3)c12. The molecule has 9 heteroatoms. The molecule has 180 valence electrons. The quantitative estimate of drug-likeness (QED) is 0.374. The molecule has 2 N–H and O–H groups in total. The molecule has 0 bridgehead atoms. The van der Waals surface area contributed by atoms with E-state index in [4.69, 9.17) is 9.47 Å². The first-order valence-electron chi connectivity index (χ1n) is 11.6. The highest BCUT2D eigenvalue weighted by atomic mass is 32.1. The third-order valence-electron chi connectivity index (χ3n) is 5.85. The fraction of sp³-hybridized carbons (Fsp3) is 0.269. The van der Waals surface area contributed by atoms with Crippen LogP contribution in [0.25, 0.3) is 10.2 Å². The van der Waals surface area contributed by atoms with Gasteiger partial charge in [-0.3, -0.25) is 9.69 Å². The average Bonchev–Trinajstić information content (AvgIpc) is 3.24. The van der Waals surface area contributed by atoms with Gasteiger partial charge in [-0.05, 0) is 48.9 Å². The number of carbonyl (C=O) groups is 1. The van der Waals surface area contributed by atoms with Gasteiger partial charge in [-0.2, -0.15) is 0 Å². The highest BCUT2D eigenvalue weighted by molar-refractivity contribution is 7.20. The number of fused-ring (bicyclic) bond motifs is 1. The maximum atomic E-state index is 12.9. The van der Waals surface area contributed by atoms with Crippen molar-refractivity contribution in [1.29, 1.82) is 0 Å². The molecule has 0 unspecified atom stereocenters. The van der Waals surface area contributed by atoms with Crippen LogP contribution in [0.5, 0.6) is 11.5 Å². The van der Waals surface area contributed by atoms with Crippen molar-refractivity contribution in [3.05, 3.63) is 71.4 Å². The zero-order chi connectivity index (χ0) is 24.0. The molecule has 3 heterocycles. The number of ether oxygens (including phenoxy) is 2. The Bertz CT molecular complexity index is 1290. The van der Waals surface area contributed by atoms with Gasteiger partial charge in [-0.15, -0.1) is 11.3 Å². The number of amides is 1. The summed E-state index contributed by atoms with van der Waals surface area (Å²) in [5.74, 6) is 2.13. The number of nitrogens with one attached hydrogen (secondary N) is 2. The molecule has 1 aliphatic rings. The molecule has 1 aliphatic heterocycles. The molecule has 0 saturated carbocycles. The topological polar surface area (TPSA) is 88.6 Å². The second-order valence-corrected chi connectivity index (χ2v) is 9.23. The highest BCUT2D eigenvalue weighted by Gasteiger charge is 2.20. The number of thiophene rings is 1. The van der Waals surface area contributed by atoms with Crippen molar-refractivity contribution in [2.45, 2.75) is 6.92 Å². The number of anilines is 2. The molecule has 5 rings (SSSR count). The van der Waals surface area contributed by atoms with Crippen LogP contribution in [-0.4, -0.2) is 60.2 Å². The van der Waals surface area contributed by atoms with Gasteiger partial charge in [0.05, 0.1) is 23.5 Å². The number of nitrogens with zero attached hydrogens (tertiary/aromatic N) is 3. The number of carbonyl (C=O) groups excluding carboxylic acids is 1. The zero-order valence-corrected chi connectivity index (χ0v) is 20.3. The van der Waals surface area contributed by atoms with Gasteiger partial charge < -0.3 is 20.1 Å². The van der Waals surface area contributed by atoms with Gasteiger partial charge in [-0.1, -0.05) is 18.2 Å². The summed E-state index contributed by atoms with van der Waals surface area (Å²) in [6, 6.07) is 17.3. The number of hydrogen-bond acceptors (Lipinski definition) is 8. The number of aryl methyl sites for hydroxylation is 1.